The third-order valence-corrected chi connectivity index (χ3v) is 6.95. The molecule has 2 aliphatic rings. The number of hydrogen-bond acceptors (Lipinski definition) is 8. The minimum absolute atomic E-state index is 0.0489. The van der Waals surface area contributed by atoms with E-state index in [0.29, 0.717) is 29.2 Å². The summed E-state index contributed by atoms with van der Waals surface area (Å²) in [4.78, 5) is 44.8. The van der Waals surface area contributed by atoms with Crippen LogP contribution >= 0.6 is 11.3 Å². The number of nitrogens with zero attached hydrogens (tertiary/aromatic N) is 4. The summed E-state index contributed by atoms with van der Waals surface area (Å²) in [6.45, 7) is 0.876. The number of imide groups is 1. The van der Waals surface area contributed by atoms with Crippen LogP contribution in [0.4, 0.5) is 5.82 Å². The molecule has 1 saturated heterocycles. The summed E-state index contributed by atoms with van der Waals surface area (Å²) in [6.07, 6.45) is 6.92. The highest BCUT2D eigenvalue weighted by Gasteiger charge is 2.26. The number of carbonyl (C=O) groups is 3. The highest BCUT2D eigenvalue weighted by molar-refractivity contribution is 7.17. The molecule has 1 aliphatic heterocycles. The average Bonchev–Trinajstić information content (AvgIpc) is 3.18. The topological polar surface area (TPSA) is 109 Å². The molecule has 5 rings (SSSR count). The van der Waals surface area contributed by atoms with E-state index in [-0.39, 0.29) is 24.0 Å². The molecule has 4 heterocycles. The highest BCUT2D eigenvalue weighted by Crippen LogP contribution is 2.33. The Morgan fingerprint density at radius 2 is 2.15 bits per heavy atom. The van der Waals surface area contributed by atoms with Gasteiger partial charge in [0, 0.05) is 29.7 Å². The first-order chi connectivity index (χ1) is 16.4. The first kappa shape index (κ1) is 22.4. The zero-order chi connectivity index (χ0) is 23.8. The Bertz CT molecular complexity index is 1320. The molecule has 34 heavy (non-hydrogen) atoms. The van der Waals surface area contributed by atoms with Gasteiger partial charge in [0.05, 0.1) is 28.1 Å². The van der Waals surface area contributed by atoms with Crippen LogP contribution in [0.5, 0.6) is 0 Å². The molecule has 1 aliphatic carbocycles. The third-order valence-electron chi connectivity index (χ3n) is 5.80. The van der Waals surface area contributed by atoms with Gasteiger partial charge in [0.15, 0.2) is 11.4 Å². The number of anilines is 1. The molecule has 0 aromatic carbocycles. The minimum atomic E-state index is -0.382. The molecule has 176 valence electrons. The maximum atomic E-state index is 12.6. The minimum Gasteiger partial charge on any atom is -0.367 e. The van der Waals surface area contributed by atoms with Crippen LogP contribution in [0.2, 0.25) is 0 Å². The van der Waals surface area contributed by atoms with Crippen molar-refractivity contribution in [2.45, 2.75) is 38.1 Å². The fraction of sp³-hybridized carbons (Fsp3) is 0.375. The fourth-order valence-corrected chi connectivity index (χ4v) is 4.79. The standard InChI is InChI=1S/C24H26N6O3S/c1-29(2)9-3-4-18(31)20-8-7-19(34-20)17-12-21(26-16-5-6-16)30-23(27-17)15(13-25-30)10-14-11-22(32)28-24(14)33/h7-8,10,12-13,16,26H,3-6,9,11H2,1-2H3,(H,28,32,33)/b14-10+. The van der Waals surface area contributed by atoms with Crippen molar-refractivity contribution >= 4 is 46.5 Å². The summed E-state index contributed by atoms with van der Waals surface area (Å²) in [6, 6.07) is 6.15. The van der Waals surface area contributed by atoms with Gasteiger partial charge in [0.2, 0.25) is 5.91 Å². The molecule has 0 radical (unpaired) electrons. The van der Waals surface area contributed by atoms with Gasteiger partial charge in [-0.1, -0.05) is 0 Å². The van der Waals surface area contributed by atoms with E-state index in [9.17, 15) is 14.4 Å². The van der Waals surface area contributed by atoms with Crippen molar-refractivity contribution < 1.29 is 14.4 Å². The molecule has 0 unspecified atom stereocenters. The first-order valence-corrected chi connectivity index (χ1v) is 12.2. The second-order valence-electron chi connectivity index (χ2n) is 9.00. The lowest BCUT2D eigenvalue weighted by molar-refractivity contribution is -0.124. The molecule has 2 fully saturated rings. The van der Waals surface area contributed by atoms with Crippen molar-refractivity contribution in [2.24, 2.45) is 0 Å². The van der Waals surface area contributed by atoms with Crippen LogP contribution < -0.4 is 10.6 Å². The number of rotatable bonds is 9. The summed E-state index contributed by atoms with van der Waals surface area (Å²) in [7, 11) is 4.00. The van der Waals surface area contributed by atoms with E-state index < -0.39 is 0 Å². The van der Waals surface area contributed by atoms with Crippen molar-refractivity contribution in [3.05, 3.63) is 40.4 Å². The maximum Gasteiger partial charge on any atom is 0.254 e. The largest absolute Gasteiger partial charge is 0.367 e. The van der Waals surface area contributed by atoms with Gasteiger partial charge < -0.3 is 10.2 Å². The van der Waals surface area contributed by atoms with Crippen molar-refractivity contribution in [1.29, 1.82) is 0 Å². The molecule has 2 amide bonds. The summed E-state index contributed by atoms with van der Waals surface area (Å²) in [5.74, 6) is 0.264. The lowest BCUT2D eigenvalue weighted by Gasteiger charge is -2.09. The van der Waals surface area contributed by atoms with Gasteiger partial charge >= 0.3 is 0 Å². The molecular weight excluding hydrogens is 452 g/mol. The van der Waals surface area contributed by atoms with Crippen LogP contribution in [0.3, 0.4) is 0 Å². The second kappa shape index (κ2) is 9.11. The van der Waals surface area contributed by atoms with Crippen LogP contribution in [0.15, 0.2) is 30.0 Å². The summed E-state index contributed by atoms with van der Waals surface area (Å²) < 4.78 is 1.73. The number of aromatic nitrogens is 3. The molecule has 10 heteroatoms. The Balaban J connectivity index is 1.48. The molecule has 3 aromatic heterocycles. The molecule has 0 spiro atoms. The number of fused-ring (bicyclic) bond motifs is 1. The first-order valence-electron chi connectivity index (χ1n) is 11.4. The van der Waals surface area contributed by atoms with E-state index in [4.69, 9.17) is 4.98 Å². The Morgan fingerprint density at radius 3 is 2.85 bits per heavy atom. The number of amides is 2. The van der Waals surface area contributed by atoms with E-state index in [1.54, 1.807) is 16.8 Å². The number of ketones is 1. The van der Waals surface area contributed by atoms with Gasteiger partial charge in [0.1, 0.15) is 5.82 Å². The molecule has 2 N–H and O–H groups in total. The van der Waals surface area contributed by atoms with Crippen LogP contribution in [-0.2, 0) is 9.59 Å². The zero-order valence-electron chi connectivity index (χ0n) is 19.1. The molecule has 9 nitrogen and oxygen atoms in total. The third kappa shape index (κ3) is 4.78. The van der Waals surface area contributed by atoms with Crippen LogP contribution in [0.1, 0.15) is 47.3 Å². The predicted octanol–water partition coefficient (Wildman–Crippen LogP) is 2.99. The Hall–Kier alpha value is -3.37. The monoisotopic (exact) mass is 478 g/mol. The SMILES string of the molecule is CN(C)CCCC(=O)c1ccc(-c2cc(NC3CC3)n3ncc(/C=C4\CC(=O)NC4=O)c3n2)s1. The zero-order valence-corrected chi connectivity index (χ0v) is 19.9. The van der Waals surface area contributed by atoms with E-state index in [2.05, 4.69) is 20.6 Å². The Labute approximate surface area is 200 Å². The van der Waals surface area contributed by atoms with Crippen molar-refractivity contribution in [2.75, 3.05) is 26.0 Å². The number of hydrogen-bond donors (Lipinski definition) is 2. The van der Waals surface area contributed by atoms with Gasteiger partial charge in [-0.15, -0.1) is 11.3 Å². The second-order valence-corrected chi connectivity index (χ2v) is 10.1. The summed E-state index contributed by atoms with van der Waals surface area (Å²) >= 11 is 1.44. The predicted molar refractivity (Wildman–Crippen MR) is 131 cm³/mol. The molecule has 0 bridgehead atoms. The van der Waals surface area contributed by atoms with Gasteiger partial charge in [-0.2, -0.15) is 9.61 Å². The fourth-order valence-electron chi connectivity index (χ4n) is 3.86. The highest BCUT2D eigenvalue weighted by atomic mass is 32.1. The number of nitrogens with one attached hydrogen (secondary N) is 2. The number of Topliss-reactive ketones (excluding diaryl/α,β-unsaturated/α-hetero) is 1. The van der Waals surface area contributed by atoms with Crippen molar-refractivity contribution in [3.63, 3.8) is 0 Å². The summed E-state index contributed by atoms with van der Waals surface area (Å²) in [5.41, 5.74) is 2.38. The summed E-state index contributed by atoms with van der Waals surface area (Å²) in [5, 5.41) is 10.3. The van der Waals surface area contributed by atoms with Crippen molar-refractivity contribution in [1.82, 2.24) is 24.8 Å². The maximum absolute atomic E-state index is 12.6. The van der Waals surface area contributed by atoms with Crippen LogP contribution in [0.25, 0.3) is 22.3 Å². The average molecular weight is 479 g/mol. The molecule has 0 atom stereocenters. The normalized spacial score (nSPS) is 17.2. The van der Waals surface area contributed by atoms with Crippen molar-refractivity contribution in [3.8, 4) is 10.6 Å². The van der Waals surface area contributed by atoms with Gasteiger partial charge in [-0.25, -0.2) is 4.98 Å². The lowest BCUT2D eigenvalue weighted by Crippen LogP contribution is -2.19. The molecule has 3 aromatic rings. The van der Waals surface area contributed by atoms with Crippen LogP contribution in [0, 0.1) is 0 Å². The van der Waals surface area contributed by atoms with Gasteiger partial charge in [-0.05, 0) is 58.1 Å². The van der Waals surface area contributed by atoms with E-state index in [0.717, 1.165) is 47.1 Å². The lowest BCUT2D eigenvalue weighted by atomic mass is 10.1. The van der Waals surface area contributed by atoms with Gasteiger partial charge in [-0.3, -0.25) is 19.7 Å². The number of thiophene rings is 1. The molecule has 1 saturated carbocycles. The molecular formula is C24H26N6O3S. The van der Waals surface area contributed by atoms with E-state index in [1.165, 1.54) is 11.3 Å². The quantitative estimate of drug-likeness (QED) is 0.276. The van der Waals surface area contributed by atoms with Gasteiger partial charge in [0.25, 0.3) is 5.91 Å². The van der Waals surface area contributed by atoms with Crippen LogP contribution in [-0.4, -0.2) is 63.8 Å². The smallest absolute Gasteiger partial charge is 0.254 e. The number of carbonyl (C=O) groups excluding carboxylic acids is 3. The van der Waals surface area contributed by atoms with E-state index in [1.807, 2.05) is 32.3 Å². The Morgan fingerprint density at radius 1 is 1.32 bits per heavy atom. The Kier molecular flexibility index (Phi) is 6.01. The van der Waals surface area contributed by atoms with E-state index >= 15 is 0 Å².